The van der Waals surface area contributed by atoms with E-state index in [4.69, 9.17) is 17.3 Å². The zero-order valence-corrected chi connectivity index (χ0v) is 10.3. The van der Waals surface area contributed by atoms with E-state index in [1.165, 1.54) is 6.20 Å². The molecule has 2 heterocycles. The van der Waals surface area contributed by atoms with Gasteiger partial charge in [0.25, 0.3) is 5.91 Å². The van der Waals surface area contributed by atoms with Gasteiger partial charge >= 0.3 is 0 Å². The number of aromatic nitrogens is 3. The zero-order chi connectivity index (χ0) is 13.0. The third kappa shape index (κ3) is 2.85. The highest BCUT2D eigenvalue weighted by Gasteiger charge is 2.11. The molecular weight excluding hydrogens is 254 g/mol. The number of anilines is 1. The third-order valence-electron chi connectivity index (χ3n) is 2.27. The van der Waals surface area contributed by atoms with E-state index in [1.807, 2.05) is 0 Å². The number of imidazole rings is 1. The molecule has 0 aliphatic rings. The van der Waals surface area contributed by atoms with E-state index in [1.54, 1.807) is 29.4 Å². The maximum atomic E-state index is 11.9. The molecule has 0 bridgehead atoms. The van der Waals surface area contributed by atoms with Crippen LogP contribution < -0.4 is 11.1 Å². The Balaban J connectivity index is 2.10. The smallest absolute Gasteiger partial charge is 0.275 e. The topological polar surface area (TPSA) is 85.8 Å². The number of hydrogen-bond acceptors (Lipinski definition) is 4. The highest BCUT2D eigenvalue weighted by molar-refractivity contribution is 6.33. The van der Waals surface area contributed by atoms with Crippen molar-refractivity contribution in [2.75, 3.05) is 11.9 Å². The number of rotatable bonds is 4. The number of nitrogens with zero attached hydrogens (tertiary/aromatic N) is 3. The van der Waals surface area contributed by atoms with Crippen molar-refractivity contribution in [3.05, 3.63) is 41.7 Å². The molecule has 1 amide bonds. The van der Waals surface area contributed by atoms with Gasteiger partial charge in [-0.05, 0) is 6.07 Å². The molecule has 0 aliphatic heterocycles. The molecule has 7 heteroatoms. The molecule has 2 rings (SSSR count). The van der Waals surface area contributed by atoms with Gasteiger partial charge in [0.1, 0.15) is 5.69 Å². The minimum absolute atomic E-state index is 0.309. The monoisotopic (exact) mass is 265 g/mol. The van der Waals surface area contributed by atoms with Crippen LogP contribution in [0.5, 0.6) is 0 Å². The van der Waals surface area contributed by atoms with Crippen molar-refractivity contribution in [1.29, 1.82) is 0 Å². The molecule has 0 aromatic carbocycles. The number of pyridine rings is 1. The van der Waals surface area contributed by atoms with Crippen molar-refractivity contribution >= 4 is 23.2 Å². The Morgan fingerprint density at radius 2 is 2.39 bits per heavy atom. The maximum absolute atomic E-state index is 11.9. The number of hydrogen-bond donors (Lipinski definition) is 2. The Morgan fingerprint density at radius 1 is 1.56 bits per heavy atom. The fourth-order valence-corrected chi connectivity index (χ4v) is 1.56. The van der Waals surface area contributed by atoms with Gasteiger partial charge in [-0.3, -0.25) is 9.78 Å². The lowest BCUT2D eigenvalue weighted by molar-refractivity contribution is 0.102. The predicted octanol–water partition coefficient (Wildman–Crippen LogP) is 1.14. The van der Waals surface area contributed by atoms with Crippen molar-refractivity contribution in [3.8, 4) is 0 Å². The number of carbonyl (C=O) groups is 1. The average molecular weight is 266 g/mol. The molecule has 0 aliphatic carbocycles. The largest absolute Gasteiger partial charge is 0.335 e. The first kappa shape index (κ1) is 12.5. The molecule has 18 heavy (non-hydrogen) atoms. The van der Waals surface area contributed by atoms with Gasteiger partial charge in [0.2, 0.25) is 0 Å². The fraction of sp³-hybridized carbons (Fsp3) is 0.182. The quantitative estimate of drug-likeness (QED) is 0.868. The molecule has 0 radical (unpaired) electrons. The van der Waals surface area contributed by atoms with E-state index in [2.05, 4.69) is 15.3 Å². The molecule has 0 unspecified atom stereocenters. The molecule has 0 saturated carbocycles. The summed E-state index contributed by atoms with van der Waals surface area (Å²) in [5.74, 6) is -0.333. The third-order valence-corrected chi connectivity index (χ3v) is 2.60. The number of nitrogens with one attached hydrogen (secondary N) is 1. The van der Waals surface area contributed by atoms with Crippen molar-refractivity contribution < 1.29 is 4.79 Å². The van der Waals surface area contributed by atoms with E-state index in [0.717, 1.165) is 0 Å². The Kier molecular flexibility index (Phi) is 3.91. The summed E-state index contributed by atoms with van der Waals surface area (Å²) in [7, 11) is 0. The van der Waals surface area contributed by atoms with Crippen LogP contribution in [0.15, 0.2) is 31.0 Å². The van der Waals surface area contributed by atoms with E-state index in [-0.39, 0.29) is 5.91 Å². The molecule has 0 saturated heterocycles. The molecule has 3 N–H and O–H groups in total. The fourth-order valence-electron chi connectivity index (χ4n) is 1.40. The highest BCUT2D eigenvalue weighted by atomic mass is 35.5. The van der Waals surface area contributed by atoms with Crippen LogP contribution in [-0.2, 0) is 6.54 Å². The summed E-state index contributed by atoms with van der Waals surface area (Å²) in [4.78, 5) is 19.8. The van der Waals surface area contributed by atoms with E-state index in [9.17, 15) is 4.79 Å². The molecule has 0 atom stereocenters. The lowest BCUT2D eigenvalue weighted by atomic mass is 10.3. The van der Waals surface area contributed by atoms with Crippen LogP contribution in [0.25, 0.3) is 0 Å². The van der Waals surface area contributed by atoms with Crippen LogP contribution in [0.4, 0.5) is 5.69 Å². The number of nitrogens with two attached hydrogens (primary N) is 1. The first-order valence-corrected chi connectivity index (χ1v) is 5.71. The van der Waals surface area contributed by atoms with E-state index in [0.29, 0.717) is 29.5 Å². The van der Waals surface area contributed by atoms with Gasteiger partial charge in [-0.1, -0.05) is 11.6 Å². The summed E-state index contributed by atoms with van der Waals surface area (Å²) in [6, 6.07) is 1.60. The van der Waals surface area contributed by atoms with Gasteiger partial charge in [0.15, 0.2) is 0 Å². The number of amides is 1. The lowest BCUT2D eigenvalue weighted by Crippen LogP contribution is -2.13. The van der Waals surface area contributed by atoms with Crippen LogP contribution in [0, 0.1) is 0 Å². The number of carbonyl (C=O) groups excluding carboxylic acids is 1. The van der Waals surface area contributed by atoms with Crippen molar-refractivity contribution in [1.82, 2.24) is 14.5 Å². The van der Waals surface area contributed by atoms with Gasteiger partial charge in [-0.15, -0.1) is 0 Å². The standard InChI is InChI=1S/C11H12ClN5O/c12-8-1-3-14-5-9(8)16-11(18)10-6-17(4-2-13)7-15-10/h1,3,5-7H,2,4,13H2,(H,16,18). The number of halogens is 1. The van der Waals surface area contributed by atoms with Crippen molar-refractivity contribution in [2.24, 2.45) is 5.73 Å². The zero-order valence-electron chi connectivity index (χ0n) is 9.51. The van der Waals surface area contributed by atoms with Gasteiger partial charge < -0.3 is 15.6 Å². The van der Waals surface area contributed by atoms with Crippen LogP contribution in [0.2, 0.25) is 5.02 Å². The highest BCUT2D eigenvalue weighted by Crippen LogP contribution is 2.19. The maximum Gasteiger partial charge on any atom is 0.275 e. The van der Waals surface area contributed by atoms with E-state index < -0.39 is 0 Å². The lowest BCUT2D eigenvalue weighted by Gasteiger charge is -2.04. The normalized spacial score (nSPS) is 10.3. The molecule has 2 aromatic heterocycles. The Morgan fingerprint density at radius 3 is 3.11 bits per heavy atom. The summed E-state index contributed by atoms with van der Waals surface area (Å²) < 4.78 is 1.75. The summed E-state index contributed by atoms with van der Waals surface area (Å²) in [6.07, 6.45) is 6.23. The summed E-state index contributed by atoms with van der Waals surface area (Å²) >= 11 is 5.91. The predicted molar refractivity (Wildman–Crippen MR) is 68.5 cm³/mol. The SMILES string of the molecule is NCCn1cnc(C(=O)Nc2cnccc2Cl)c1. The average Bonchev–Trinajstić information content (AvgIpc) is 2.81. The Hall–Kier alpha value is -1.92. The van der Waals surface area contributed by atoms with Crippen LogP contribution in [0.1, 0.15) is 10.5 Å². The molecule has 2 aromatic rings. The summed E-state index contributed by atoms with van der Waals surface area (Å²) in [6.45, 7) is 1.11. The van der Waals surface area contributed by atoms with Gasteiger partial charge in [0, 0.05) is 25.5 Å². The van der Waals surface area contributed by atoms with Crippen molar-refractivity contribution in [2.45, 2.75) is 6.54 Å². The van der Waals surface area contributed by atoms with E-state index >= 15 is 0 Å². The van der Waals surface area contributed by atoms with Gasteiger partial charge in [-0.25, -0.2) is 4.98 Å². The van der Waals surface area contributed by atoms with Crippen LogP contribution in [-0.4, -0.2) is 27.0 Å². The molecule has 94 valence electrons. The molecule has 0 fully saturated rings. The summed E-state index contributed by atoms with van der Waals surface area (Å²) in [5.41, 5.74) is 6.18. The molecule has 0 spiro atoms. The Bertz CT molecular complexity index is 554. The molecular formula is C11H12ClN5O. The molecule has 6 nitrogen and oxygen atoms in total. The van der Waals surface area contributed by atoms with Crippen molar-refractivity contribution in [3.63, 3.8) is 0 Å². The first-order valence-electron chi connectivity index (χ1n) is 5.33. The Labute approximate surface area is 109 Å². The summed E-state index contributed by atoms with van der Waals surface area (Å²) in [5, 5.41) is 3.07. The second-order valence-electron chi connectivity index (χ2n) is 3.60. The minimum Gasteiger partial charge on any atom is -0.335 e. The van der Waals surface area contributed by atoms with Crippen LogP contribution >= 0.6 is 11.6 Å². The van der Waals surface area contributed by atoms with Crippen LogP contribution in [0.3, 0.4) is 0 Å². The van der Waals surface area contributed by atoms with Gasteiger partial charge in [0.05, 0.1) is 23.2 Å². The minimum atomic E-state index is -0.333. The van der Waals surface area contributed by atoms with Gasteiger partial charge in [-0.2, -0.15) is 0 Å². The first-order chi connectivity index (χ1) is 8.70. The second-order valence-corrected chi connectivity index (χ2v) is 4.00. The second kappa shape index (κ2) is 5.61.